The summed E-state index contributed by atoms with van der Waals surface area (Å²) in [6.45, 7) is -0.637. The Labute approximate surface area is 114 Å². The number of hydrogen-bond acceptors (Lipinski definition) is 6. The summed E-state index contributed by atoms with van der Waals surface area (Å²) in [6.07, 6.45) is 0. The van der Waals surface area contributed by atoms with Crippen LogP contribution in [0.2, 0.25) is 0 Å². The lowest BCUT2D eigenvalue weighted by Gasteiger charge is -2.10. The summed E-state index contributed by atoms with van der Waals surface area (Å²) in [5, 5.41) is 1.77. The number of rotatable bonds is 5. The number of imide groups is 1. The summed E-state index contributed by atoms with van der Waals surface area (Å²) < 4.78 is 14.7. The fraction of sp³-hybridized carbons (Fsp3) is 0.250. The zero-order chi connectivity index (χ0) is 15.1. The molecule has 0 radical (unpaired) electrons. The number of primary amides is 1. The predicted molar refractivity (Wildman–Crippen MR) is 67.6 cm³/mol. The molecule has 0 aliphatic heterocycles. The highest BCUT2D eigenvalue weighted by Crippen LogP contribution is 2.24. The number of urea groups is 1. The third kappa shape index (κ3) is 4.16. The Hall–Kier alpha value is -2.77. The first-order valence-electron chi connectivity index (χ1n) is 5.46. The molecule has 20 heavy (non-hydrogen) atoms. The highest BCUT2D eigenvalue weighted by atomic mass is 16.5. The number of amides is 3. The van der Waals surface area contributed by atoms with E-state index in [4.69, 9.17) is 19.9 Å². The van der Waals surface area contributed by atoms with Gasteiger partial charge in [-0.1, -0.05) is 0 Å². The van der Waals surface area contributed by atoms with E-state index < -0.39 is 24.5 Å². The Kier molecular flexibility index (Phi) is 5.33. The quantitative estimate of drug-likeness (QED) is 0.737. The van der Waals surface area contributed by atoms with Crippen molar-refractivity contribution in [2.75, 3.05) is 20.8 Å². The summed E-state index contributed by atoms with van der Waals surface area (Å²) in [5.41, 5.74) is 4.84. The molecule has 0 saturated heterocycles. The van der Waals surface area contributed by atoms with Crippen molar-refractivity contribution < 1.29 is 28.6 Å². The van der Waals surface area contributed by atoms with Crippen molar-refractivity contribution >= 4 is 17.9 Å². The van der Waals surface area contributed by atoms with Crippen molar-refractivity contribution in [3.63, 3.8) is 0 Å². The lowest BCUT2D eigenvalue weighted by molar-refractivity contribution is -0.123. The summed E-state index contributed by atoms with van der Waals surface area (Å²) in [6, 6.07) is 3.52. The van der Waals surface area contributed by atoms with E-state index in [0.29, 0.717) is 5.75 Å². The van der Waals surface area contributed by atoms with Gasteiger partial charge < -0.3 is 19.9 Å². The molecular formula is C12H14N2O6. The van der Waals surface area contributed by atoms with Crippen LogP contribution in [0, 0.1) is 0 Å². The molecule has 108 valence electrons. The third-order valence-electron chi connectivity index (χ3n) is 2.22. The minimum atomic E-state index is -1.02. The van der Waals surface area contributed by atoms with Crippen molar-refractivity contribution in [2.45, 2.75) is 0 Å². The summed E-state index contributed by atoms with van der Waals surface area (Å²) in [5.74, 6) is -0.918. The second-order valence-corrected chi connectivity index (χ2v) is 3.55. The van der Waals surface area contributed by atoms with E-state index in [9.17, 15) is 14.4 Å². The second-order valence-electron chi connectivity index (χ2n) is 3.55. The van der Waals surface area contributed by atoms with E-state index in [2.05, 4.69) is 0 Å². The first kappa shape index (κ1) is 15.3. The minimum absolute atomic E-state index is 0.0960. The van der Waals surface area contributed by atoms with Gasteiger partial charge in [-0.3, -0.25) is 10.1 Å². The number of benzene rings is 1. The molecule has 1 aromatic carbocycles. The van der Waals surface area contributed by atoms with Crippen LogP contribution in [-0.2, 0) is 9.53 Å². The average Bonchev–Trinajstić information content (AvgIpc) is 2.43. The molecule has 0 aliphatic rings. The lowest BCUT2D eigenvalue weighted by atomic mass is 10.2. The molecule has 0 aliphatic carbocycles. The second kappa shape index (κ2) is 6.98. The first-order chi connectivity index (χ1) is 9.47. The van der Waals surface area contributed by atoms with Crippen LogP contribution in [0.5, 0.6) is 11.5 Å². The number of nitrogens with one attached hydrogen (secondary N) is 1. The number of methoxy groups -OCH3 is 2. The van der Waals surface area contributed by atoms with Gasteiger partial charge in [0, 0.05) is 0 Å². The summed E-state index contributed by atoms with van der Waals surface area (Å²) >= 11 is 0. The predicted octanol–water partition coefficient (Wildman–Crippen LogP) is 0.0555. The summed E-state index contributed by atoms with van der Waals surface area (Å²) in [4.78, 5) is 33.4. The van der Waals surface area contributed by atoms with Crippen LogP contribution in [0.25, 0.3) is 0 Å². The van der Waals surface area contributed by atoms with Crippen LogP contribution in [-0.4, -0.2) is 38.7 Å². The third-order valence-corrected chi connectivity index (χ3v) is 2.22. The molecular weight excluding hydrogens is 268 g/mol. The Balaban J connectivity index is 2.76. The Morgan fingerprint density at radius 3 is 2.45 bits per heavy atom. The van der Waals surface area contributed by atoms with Crippen LogP contribution in [0.4, 0.5) is 4.79 Å². The fourth-order valence-corrected chi connectivity index (χ4v) is 1.36. The maximum absolute atomic E-state index is 11.8. The van der Waals surface area contributed by atoms with Gasteiger partial charge in [0.1, 0.15) is 17.1 Å². The van der Waals surface area contributed by atoms with Crippen LogP contribution in [0.15, 0.2) is 18.2 Å². The fourth-order valence-electron chi connectivity index (χ4n) is 1.36. The number of hydrogen-bond donors (Lipinski definition) is 2. The average molecular weight is 282 g/mol. The van der Waals surface area contributed by atoms with Gasteiger partial charge in [-0.25, -0.2) is 9.59 Å². The highest BCUT2D eigenvalue weighted by molar-refractivity contribution is 5.97. The highest BCUT2D eigenvalue weighted by Gasteiger charge is 2.16. The molecule has 3 amide bonds. The first-order valence-corrected chi connectivity index (χ1v) is 5.46. The zero-order valence-electron chi connectivity index (χ0n) is 11.0. The zero-order valence-corrected chi connectivity index (χ0v) is 11.0. The van der Waals surface area contributed by atoms with E-state index in [-0.39, 0.29) is 11.3 Å². The van der Waals surface area contributed by atoms with Crippen molar-refractivity contribution in [1.29, 1.82) is 0 Å². The van der Waals surface area contributed by atoms with Gasteiger partial charge in [-0.05, 0) is 18.2 Å². The van der Waals surface area contributed by atoms with Gasteiger partial charge in [-0.2, -0.15) is 0 Å². The van der Waals surface area contributed by atoms with E-state index in [1.807, 2.05) is 0 Å². The Bertz CT molecular complexity index is 529. The topological polar surface area (TPSA) is 117 Å². The molecule has 8 heteroatoms. The molecule has 1 aromatic rings. The minimum Gasteiger partial charge on any atom is -0.497 e. The largest absolute Gasteiger partial charge is 0.497 e. The molecule has 1 rings (SSSR count). The molecule has 0 saturated carbocycles. The smallest absolute Gasteiger partial charge is 0.342 e. The molecule has 0 heterocycles. The Morgan fingerprint density at radius 1 is 1.20 bits per heavy atom. The van der Waals surface area contributed by atoms with Gasteiger partial charge in [0.25, 0.3) is 5.91 Å². The maximum atomic E-state index is 11.8. The van der Waals surface area contributed by atoms with Crippen LogP contribution in [0.3, 0.4) is 0 Å². The van der Waals surface area contributed by atoms with Crippen LogP contribution >= 0.6 is 0 Å². The van der Waals surface area contributed by atoms with Crippen molar-refractivity contribution in [3.8, 4) is 11.5 Å². The lowest BCUT2D eigenvalue weighted by Crippen LogP contribution is -2.37. The van der Waals surface area contributed by atoms with E-state index in [1.54, 1.807) is 11.4 Å². The van der Waals surface area contributed by atoms with Crippen molar-refractivity contribution in [3.05, 3.63) is 23.8 Å². The SMILES string of the molecule is COc1ccc(OC)c(C(=O)OCC(=O)NC(N)=O)c1. The van der Waals surface area contributed by atoms with E-state index in [1.165, 1.54) is 26.4 Å². The molecule has 0 fully saturated rings. The monoisotopic (exact) mass is 282 g/mol. The molecule has 0 spiro atoms. The van der Waals surface area contributed by atoms with Gasteiger partial charge in [0.2, 0.25) is 0 Å². The van der Waals surface area contributed by atoms with E-state index >= 15 is 0 Å². The molecule has 0 bridgehead atoms. The normalized spacial score (nSPS) is 9.50. The van der Waals surface area contributed by atoms with Gasteiger partial charge in [0.05, 0.1) is 14.2 Å². The number of esters is 1. The number of ether oxygens (including phenoxy) is 3. The van der Waals surface area contributed by atoms with Crippen molar-refractivity contribution in [2.24, 2.45) is 5.73 Å². The molecule has 3 N–H and O–H groups in total. The molecule has 0 aromatic heterocycles. The van der Waals surface area contributed by atoms with Crippen LogP contribution < -0.4 is 20.5 Å². The molecule has 8 nitrogen and oxygen atoms in total. The van der Waals surface area contributed by atoms with Crippen LogP contribution in [0.1, 0.15) is 10.4 Å². The standard InChI is InChI=1S/C12H14N2O6/c1-18-7-3-4-9(19-2)8(5-7)11(16)20-6-10(15)14-12(13)17/h3-5H,6H2,1-2H3,(H3,13,14,15,17). The van der Waals surface area contributed by atoms with Gasteiger partial charge in [-0.15, -0.1) is 0 Å². The maximum Gasteiger partial charge on any atom is 0.342 e. The summed E-state index contributed by atoms with van der Waals surface area (Å²) in [7, 11) is 2.83. The number of carbonyl (C=O) groups is 3. The van der Waals surface area contributed by atoms with Gasteiger partial charge in [0.15, 0.2) is 6.61 Å². The Morgan fingerprint density at radius 2 is 1.90 bits per heavy atom. The number of nitrogens with two attached hydrogens (primary N) is 1. The van der Waals surface area contributed by atoms with Crippen molar-refractivity contribution in [1.82, 2.24) is 5.32 Å². The number of carbonyl (C=O) groups excluding carboxylic acids is 3. The molecule has 0 unspecified atom stereocenters. The van der Waals surface area contributed by atoms with E-state index in [0.717, 1.165) is 0 Å². The van der Waals surface area contributed by atoms with Gasteiger partial charge >= 0.3 is 12.0 Å². The molecule has 0 atom stereocenters.